The van der Waals surface area contributed by atoms with Gasteiger partial charge in [0.2, 0.25) is 0 Å². The smallest absolute Gasteiger partial charge is 0.138 e. The molecule has 5 heteroatoms. The van der Waals surface area contributed by atoms with Gasteiger partial charge in [-0.3, -0.25) is 0 Å². The Bertz CT molecular complexity index is 867. The summed E-state index contributed by atoms with van der Waals surface area (Å²) in [5.74, 6) is -2.20. The predicted molar refractivity (Wildman–Crippen MR) is 107 cm³/mol. The second kappa shape index (κ2) is 8.62. The third-order valence-corrected chi connectivity index (χ3v) is 4.35. The summed E-state index contributed by atoms with van der Waals surface area (Å²) in [6, 6.07) is 9.28. The number of allylic oxidation sites excluding steroid dienone is 3. The zero-order valence-corrected chi connectivity index (χ0v) is 15.7. The lowest BCUT2D eigenvalue weighted by Gasteiger charge is -2.21. The van der Waals surface area contributed by atoms with Crippen molar-refractivity contribution in [2.45, 2.75) is 19.8 Å². The van der Waals surface area contributed by atoms with Gasteiger partial charge in [0.25, 0.3) is 0 Å². The Hall–Kier alpha value is -2.95. The third kappa shape index (κ3) is 4.82. The normalized spacial score (nSPS) is 12.4. The van der Waals surface area contributed by atoms with E-state index >= 15 is 0 Å². The molecule has 1 N–H and O–H groups in total. The maximum absolute atomic E-state index is 14.0. The summed E-state index contributed by atoms with van der Waals surface area (Å²) in [6.45, 7) is 10.9. The van der Waals surface area contributed by atoms with Crippen LogP contribution in [0.25, 0.3) is 0 Å². The van der Waals surface area contributed by atoms with E-state index in [0.29, 0.717) is 5.70 Å². The van der Waals surface area contributed by atoms with Gasteiger partial charge in [-0.1, -0.05) is 26.1 Å². The number of rotatable bonds is 7. The Balaban J connectivity index is 2.19. The van der Waals surface area contributed by atoms with Crippen molar-refractivity contribution in [3.05, 3.63) is 96.1 Å². The second-order valence-electron chi connectivity index (χ2n) is 6.34. The summed E-state index contributed by atoms with van der Waals surface area (Å²) in [4.78, 5) is 1.66. The highest BCUT2D eigenvalue weighted by Crippen LogP contribution is 2.30. The van der Waals surface area contributed by atoms with Gasteiger partial charge in [-0.05, 0) is 48.9 Å². The van der Waals surface area contributed by atoms with Crippen LogP contribution in [0, 0.1) is 18.6 Å². The fraction of sp³-hybridized carbons (Fsp3) is 0.182. The van der Waals surface area contributed by atoms with E-state index in [1.807, 2.05) is 19.1 Å². The van der Waals surface area contributed by atoms with E-state index in [1.54, 1.807) is 24.9 Å². The van der Waals surface area contributed by atoms with Crippen molar-refractivity contribution in [2.75, 3.05) is 17.3 Å². The zero-order chi connectivity index (χ0) is 20.1. The molecule has 2 nitrogen and oxygen atoms in total. The second-order valence-corrected chi connectivity index (χ2v) is 6.34. The van der Waals surface area contributed by atoms with Gasteiger partial charge in [0.15, 0.2) is 0 Å². The van der Waals surface area contributed by atoms with E-state index in [2.05, 4.69) is 18.5 Å². The van der Waals surface area contributed by atoms with Crippen LogP contribution in [0.1, 0.15) is 24.0 Å². The van der Waals surface area contributed by atoms with Crippen molar-refractivity contribution in [3.8, 4) is 0 Å². The van der Waals surface area contributed by atoms with Gasteiger partial charge in [-0.2, -0.15) is 0 Å². The van der Waals surface area contributed by atoms with Crippen molar-refractivity contribution in [2.24, 2.45) is 0 Å². The van der Waals surface area contributed by atoms with Gasteiger partial charge < -0.3 is 10.2 Å². The average Bonchev–Trinajstić information content (AvgIpc) is 2.61. The Morgan fingerprint density at radius 2 is 1.81 bits per heavy atom. The number of hydrogen-bond acceptors (Lipinski definition) is 2. The third-order valence-electron chi connectivity index (χ3n) is 4.35. The molecule has 27 heavy (non-hydrogen) atoms. The highest BCUT2D eigenvalue weighted by atomic mass is 19.1. The maximum atomic E-state index is 14.0. The van der Waals surface area contributed by atoms with E-state index in [1.165, 1.54) is 24.4 Å². The largest absolute Gasteiger partial charge is 0.359 e. The molecule has 0 spiro atoms. The van der Waals surface area contributed by atoms with Crippen LogP contribution in [0.4, 0.5) is 24.5 Å². The molecule has 0 aliphatic carbocycles. The predicted octanol–water partition coefficient (Wildman–Crippen LogP) is 6.44. The molecule has 2 rings (SSSR count). The van der Waals surface area contributed by atoms with Gasteiger partial charge in [-0.25, -0.2) is 13.2 Å². The van der Waals surface area contributed by atoms with E-state index in [4.69, 9.17) is 0 Å². The Morgan fingerprint density at radius 3 is 2.37 bits per heavy atom. The molecule has 0 saturated carbocycles. The lowest BCUT2D eigenvalue weighted by Crippen LogP contribution is -2.12. The molecule has 0 heterocycles. The molecule has 0 aromatic heterocycles. The monoisotopic (exact) mass is 372 g/mol. The van der Waals surface area contributed by atoms with E-state index in [-0.39, 0.29) is 5.56 Å². The first-order chi connectivity index (χ1) is 12.7. The number of hydrogen-bond donors (Lipinski definition) is 1. The Kier molecular flexibility index (Phi) is 6.50. The fourth-order valence-electron chi connectivity index (χ4n) is 2.83. The zero-order valence-electron chi connectivity index (χ0n) is 15.7. The SMILES string of the molecule is C=C/C(F)=C\N(C)c1ccc(NC(=C)C(C)c2c(F)cccc2F)cc1C. The molecule has 0 aliphatic heterocycles. The lowest BCUT2D eigenvalue weighted by atomic mass is 9.97. The van der Waals surface area contributed by atoms with Crippen molar-refractivity contribution in [1.29, 1.82) is 0 Å². The minimum Gasteiger partial charge on any atom is -0.359 e. The molecule has 0 bridgehead atoms. The molecule has 0 amide bonds. The minimum absolute atomic E-state index is 0.0203. The summed E-state index contributed by atoms with van der Waals surface area (Å²) in [5, 5.41) is 3.10. The van der Waals surface area contributed by atoms with Crippen molar-refractivity contribution in [3.63, 3.8) is 0 Å². The van der Waals surface area contributed by atoms with Crippen LogP contribution in [0.2, 0.25) is 0 Å². The molecule has 2 aromatic rings. The molecule has 0 radical (unpaired) electrons. The number of nitrogens with zero attached hydrogens (tertiary/aromatic N) is 1. The van der Waals surface area contributed by atoms with Crippen molar-refractivity contribution >= 4 is 11.4 Å². The van der Waals surface area contributed by atoms with Gasteiger partial charge in [0, 0.05) is 41.8 Å². The summed E-state index contributed by atoms with van der Waals surface area (Å²) in [7, 11) is 1.74. The molecule has 2 aromatic carbocycles. The van der Waals surface area contributed by atoms with Gasteiger partial charge in [0.05, 0.1) is 0 Å². The molecule has 1 unspecified atom stereocenters. The average molecular weight is 372 g/mol. The Morgan fingerprint density at radius 1 is 1.19 bits per heavy atom. The molecular weight excluding hydrogens is 349 g/mol. The van der Waals surface area contributed by atoms with Crippen LogP contribution in [0.3, 0.4) is 0 Å². The molecule has 142 valence electrons. The molecule has 0 saturated heterocycles. The number of aryl methyl sites for hydroxylation is 1. The van der Waals surface area contributed by atoms with Crippen LogP contribution in [0.15, 0.2) is 73.4 Å². The minimum atomic E-state index is -0.602. The van der Waals surface area contributed by atoms with Gasteiger partial charge in [0.1, 0.15) is 17.5 Å². The van der Waals surface area contributed by atoms with Gasteiger partial charge in [-0.15, -0.1) is 0 Å². The topological polar surface area (TPSA) is 15.3 Å². The number of anilines is 2. The van der Waals surface area contributed by atoms with Crippen LogP contribution in [-0.4, -0.2) is 7.05 Å². The Labute approximate surface area is 158 Å². The van der Waals surface area contributed by atoms with E-state index < -0.39 is 23.4 Å². The van der Waals surface area contributed by atoms with Crippen LogP contribution in [0.5, 0.6) is 0 Å². The van der Waals surface area contributed by atoms with Crippen LogP contribution in [-0.2, 0) is 0 Å². The highest BCUT2D eigenvalue weighted by molar-refractivity contribution is 5.63. The fourth-order valence-corrected chi connectivity index (χ4v) is 2.83. The highest BCUT2D eigenvalue weighted by Gasteiger charge is 2.19. The van der Waals surface area contributed by atoms with Gasteiger partial charge >= 0.3 is 0 Å². The first-order valence-electron chi connectivity index (χ1n) is 8.47. The lowest BCUT2D eigenvalue weighted by molar-refractivity contribution is 0.546. The summed E-state index contributed by atoms with van der Waals surface area (Å²) in [6.07, 6.45) is 2.47. The van der Waals surface area contributed by atoms with E-state index in [0.717, 1.165) is 23.0 Å². The quantitative estimate of drug-likeness (QED) is 0.563. The molecule has 1 atom stereocenters. The first kappa shape index (κ1) is 20.4. The number of halogens is 3. The standard InChI is InChI=1S/C22H23F3N2/c1-6-17(23)13-27(5)21-11-10-18(12-14(21)2)26-16(4)15(3)22-19(24)8-7-9-20(22)25/h6-13,15,26H,1,4H2,2-3,5H3/b17-13+. The van der Waals surface area contributed by atoms with Crippen LogP contribution >= 0.6 is 0 Å². The summed E-state index contributed by atoms with van der Waals surface area (Å²) in [5.41, 5.74) is 2.89. The van der Waals surface area contributed by atoms with E-state index in [9.17, 15) is 13.2 Å². The molecule has 0 fully saturated rings. The number of benzene rings is 2. The maximum Gasteiger partial charge on any atom is 0.138 e. The number of nitrogens with one attached hydrogen (secondary N) is 1. The summed E-state index contributed by atoms with van der Waals surface area (Å²) < 4.78 is 41.3. The molecular formula is C22H23F3N2. The van der Waals surface area contributed by atoms with Crippen molar-refractivity contribution in [1.82, 2.24) is 0 Å². The van der Waals surface area contributed by atoms with Crippen molar-refractivity contribution < 1.29 is 13.2 Å². The first-order valence-corrected chi connectivity index (χ1v) is 8.47. The summed E-state index contributed by atoms with van der Waals surface area (Å²) >= 11 is 0. The van der Waals surface area contributed by atoms with Crippen LogP contribution < -0.4 is 10.2 Å². The molecule has 0 aliphatic rings.